The molecule has 1 N–H and O–H groups in total. The van der Waals surface area contributed by atoms with Crippen LogP contribution in [-0.2, 0) is 4.79 Å². The number of nitrogens with one attached hydrogen (secondary N) is 1. The van der Waals surface area contributed by atoms with Gasteiger partial charge in [0.2, 0.25) is 5.91 Å². The van der Waals surface area contributed by atoms with Crippen molar-refractivity contribution in [2.45, 2.75) is 27.2 Å². The van der Waals surface area contributed by atoms with Crippen LogP contribution in [0.1, 0.15) is 41.8 Å². The molecule has 194 valence electrons. The molecule has 0 spiro atoms. The van der Waals surface area contributed by atoms with E-state index in [9.17, 15) is 9.59 Å². The highest BCUT2D eigenvalue weighted by Crippen LogP contribution is 2.29. The number of hydrogen-bond donors (Lipinski definition) is 1. The highest BCUT2D eigenvalue weighted by Gasteiger charge is 2.26. The van der Waals surface area contributed by atoms with Gasteiger partial charge in [0.25, 0.3) is 5.91 Å². The van der Waals surface area contributed by atoms with Crippen molar-refractivity contribution in [3.05, 3.63) is 95.0 Å². The monoisotopic (exact) mass is 524 g/mol. The summed E-state index contributed by atoms with van der Waals surface area (Å²) in [6, 6.07) is 19.4. The number of carbonyl (C=O) groups excluding carboxylic acids is 2. The summed E-state index contributed by atoms with van der Waals surface area (Å²) in [5.41, 5.74) is 4.76. The van der Waals surface area contributed by atoms with Crippen molar-refractivity contribution in [3.63, 3.8) is 0 Å². The predicted molar refractivity (Wildman–Crippen MR) is 155 cm³/mol. The number of amides is 2. The topological polar surface area (TPSA) is 67.2 Å². The van der Waals surface area contributed by atoms with Crippen LogP contribution in [0.15, 0.2) is 78.3 Å². The van der Waals surface area contributed by atoms with E-state index in [4.69, 9.17) is 5.10 Å². The maximum absolute atomic E-state index is 13.2. The molecule has 2 aromatic heterocycles. The zero-order valence-corrected chi connectivity index (χ0v) is 22.7. The summed E-state index contributed by atoms with van der Waals surface area (Å²) < 4.78 is 1.83. The van der Waals surface area contributed by atoms with Crippen molar-refractivity contribution in [1.82, 2.24) is 14.7 Å². The van der Waals surface area contributed by atoms with Gasteiger partial charge in [-0.3, -0.25) is 9.59 Å². The van der Waals surface area contributed by atoms with Crippen molar-refractivity contribution in [2.75, 3.05) is 18.4 Å². The van der Waals surface area contributed by atoms with E-state index in [1.54, 1.807) is 23.5 Å². The van der Waals surface area contributed by atoms with Gasteiger partial charge < -0.3 is 10.2 Å². The Hall–Kier alpha value is -3.97. The summed E-state index contributed by atoms with van der Waals surface area (Å²) >= 11 is 1.61. The summed E-state index contributed by atoms with van der Waals surface area (Å²) in [6.45, 7) is 7.85. The largest absolute Gasteiger partial charge is 0.338 e. The lowest BCUT2D eigenvalue weighted by molar-refractivity contribution is -0.111. The first kappa shape index (κ1) is 25.7. The lowest BCUT2D eigenvalue weighted by Crippen LogP contribution is -2.42. The van der Waals surface area contributed by atoms with E-state index in [-0.39, 0.29) is 11.8 Å². The van der Waals surface area contributed by atoms with Gasteiger partial charge in [0.15, 0.2) is 0 Å². The second kappa shape index (κ2) is 11.2. The van der Waals surface area contributed by atoms with Crippen LogP contribution in [0.25, 0.3) is 22.3 Å². The molecule has 5 rings (SSSR count). The number of hydrogen-bond acceptors (Lipinski definition) is 4. The minimum absolute atomic E-state index is 0.0170. The van der Waals surface area contributed by atoms with Crippen LogP contribution in [0, 0.1) is 18.8 Å². The normalized spacial score (nSPS) is 17.6. The van der Waals surface area contributed by atoms with Gasteiger partial charge in [0.05, 0.1) is 10.6 Å². The number of benzene rings is 2. The maximum atomic E-state index is 13.2. The molecule has 0 radical (unpaired) electrons. The zero-order chi connectivity index (χ0) is 26.6. The fraction of sp³-hybridized carbons (Fsp3) is 0.258. The molecule has 6 nitrogen and oxygen atoms in total. The molecule has 7 heteroatoms. The molecule has 2 aromatic carbocycles. The van der Waals surface area contributed by atoms with Gasteiger partial charge in [0.1, 0.15) is 5.69 Å². The highest BCUT2D eigenvalue weighted by atomic mass is 32.1. The van der Waals surface area contributed by atoms with Crippen LogP contribution in [0.2, 0.25) is 0 Å². The van der Waals surface area contributed by atoms with Crippen molar-refractivity contribution >= 4 is 34.9 Å². The molecule has 0 saturated carbocycles. The van der Waals surface area contributed by atoms with Gasteiger partial charge in [-0.2, -0.15) is 5.10 Å². The summed E-state index contributed by atoms with van der Waals surface area (Å²) in [7, 11) is 0. The fourth-order valence-corrected chi connectivity index (χ4v) is 5.80. The third kappa shape index (κ3) is 5.78. The second-order valence-corrected chi connectivity index (χ2v) is 11.1. The zero-order valence-electron chi connectivity index (χ0n) is 21.9. The van der Waals surface area contributed by atoms with Crippen LogP contribution < -0.4 is 5.32 Å². The Morgan fingerprint density at radius 3 is 2.50 bits per heavy atom. The number of rotatable bonds is 6. The Morgan fingerprint density at radius 2 is 1.79 bits per heavy atom. The number of anilines is 1. The molecule has 38 heavy (non-hydrogen) atoms. The standard InChI is InChI=1S/C31H32N4O2S/c1-21-16-22(2)19-34(18-21)31(37)24-12-11-23(3)27(17-24)32-29(36)14-13-25-20-35(26-8-5-4-6-9-26)33-30(25)28-10-7-15-38-28/h4-15,17,20-22H,16,18-19H2,1-3H3,(H,32,36)/b14-13+. The Labute approximate surface area is 227 Å². The number of aryl methyl sites for hydroxylation is 1. The van der Waals surface area contributed by atoms with Gasteiger partial charge in [-0.05, 0) is 72.5 Å². The molecule has 2 atom stereocenters. The molecule has 0 aliphatic carbocycles. The van der Waals surface area contributed by atoms with Crippen molar-refractivity contribution in [2.24, 2.45) is 11.8 Å². The minimum Gasteiger partial charge on any atom is -0.338 e. The Bertz CT molecular complexity index is 1450. The molecule has 1 fully saturated rings. The van der Waals surface area contributed by atoms with Crippen LogP contribution in [0.5, 0.6) is 0 Å². The SMILES string of the molecule is Cc1ccc(C(=O)N2CC(C)CC(C)C2)cc1NC(=O)/C=C/c1cn(-c2ccccc2)nc1-c1cccs1. The summed E-state index contributed by atoms with van der Waals surface area (Å²) in [6.07, 6.45) is 6.38. The van der Waals surface area contributed by atoms with Gasteiger partial charge in [0, 0.05) is 42.2 Å². The van der Waals surface area contributed by atoms with Crippen LogP contribution in [0.3, 0.4) is 0 Å². The lowest BCUT2D eigenvalue weighted by atomic mass is 9.91. The smallest absolute Gasteiger partial charge is 0.253 e. The molecule has 1 saturated heterocycles. The van der Waals surface area contributed by atoms with Gasteiger partial charge in [-0.1, -0.05) is 44.2 Å². The van der Waals surface area contributed by atoms with Crippen LogP contribution in [0.4, 0.5) is 5.69 Å². The second-order valence-electron chi connectivity index (χ2n) is 10.2. The molecule has 2 unspecified atom stereocenters. The molecule has 0 bridgehead atoms. The third-order valence-electron chi connectivity index (χ3n) is 6.83. The summed E-state index contributed by atoms with van der Waals surface area (Å²) in [4.78, 5) is 29.1. The van der Waals surface area contributed by atoms with Crippen molar-refractivity contribution < 1.29 is 9.59 Å². The number of likely N-dealkylation sites (tertiary alicyclic amines) is 1. The predicted octanol–water partition coefficient (Wildman–Crippen LogP) is 6.68. The molecule has 1 aliphatic heterocycles. The van der Waals surface area contributed by atoms with Crippen LogP contribution in [-0.4, -0.2) is 39.6 Å². The molecular weight excluding hydrogens is 492 g/mol. The molecule has 3 heterocycles. The Kier molecular flexibility index (Phi) is 7.56. The number of aromatic nitrogens is 2. The van der Waals surface area contributed by atoms with Gasteiger partial charge in [-0.25, -0.2) is 4.68 Å². The fourth-order valence-electron chi connectivity index (χ4n) is 5.07. The van der Waals surface area contributed by atoms with Crippen LogP contribution >= 0.6 is 11.3 Å². The van der Waals surface area contributed by atoms with E-state index in [2.05, 4.69) is 19.2 Å². The van der Waals surface area contributed by atoms with E-state index in [0.717, 1.165) is 46.9 Å². The number of piperidine rings is 1. The number of carbonyl (C=O) groups is 2. The summed E-state index contributed by atoms with van der Waals surface area (Å²) in [5, 5.41) is 9.77. The van der Waals surface area contributed by atoms with E-state index in [0.29, 0.717) is 23.1 Å². The van der Waals surface area contributed by atoms with Crippen molar-refractivity contribution in [1.29, 1.82) is 0 Å². The first-order chi connectivity index (χ1) is 18.4. The van der Waals surface area contributed by atoms with Gasteiger partial charge >= 0.3 is 0 Å². The number of thiophene rings is 1. The quantitative estimate of drug-likeness (QED) is 0.286. The van der Waals surface area contributed by atoms with E-state index < -0.39 is 0 Å². The average Bonchev–Trinajstić information content (AvgIpc) is 3.58. The molecule has 2 amide bonds. The first-order valence-corrected chi connectivity index (χ1v) is 13.8. The number of para-hydroxylation sites is 1. The first-order valence-electron chi connectivity index (χ1n) is 13.0. The maximum Gasteiger partial charge on any atom is 0.253 e. The molecule has 1 aliphatic rings. The highest BCUT2D eigenvalue weighted by molar-refractivity contribution is 7.13. The minimum atomic E-state index is -0.262. The summed E-state index contributed by atoms with van der Waals surface area (Å²) in [5.74, 6) is 0.733. The molecule has 4 aromatic rings. The van der Waals surface area contributed by atoms with E-state index in [1.807, 2.05) is 82.7 Å². The Balaban J connectivity index is 1.35. The Morgan fingerprint density at radius 1 is 1.03 bits per heavy atom. The average molecular weight is 525 g/mol. The third-order valence-corrected chi connectivity index (χ3v) is 7.71. The lowest BCUT2D eigenvalue weighted by Gasteiger charge is -2.35. The number of nitrogens with zero attached hydrogens (tertiary/aromatic N) is 3. The van der Waals surface area contributed by atoms with Crippen molar-refractivity contribution in [3.8, 4) is 16.3 Å². The van der Waals surface area contributed by atoms with E-state index in [1.165, 1.54) is 6.08 Å². The van der Waals surface area contributed by atoms with Gasteiger partial charge in [-0.15, -0.1) is 11.3 Å². The van der Waals surface area contributed by atoms with E-state index >= 15 is 0 Å². The molecular formula is C31H32N4O2S.